The van der Waals surface area contributed by atoms with E-state index in [1.165, 1.54) is 27.8 Å². The molecule has 0 bridgehead atoms. The number of benzene rings is 2. The first-order valence-electron chi connectivity index (χ1n) is 11.5. The van der Waals surface area contributed by atoms with Crippen molar-refractivity contribution in [2.24, 2.45) is 0 Å². The van der Waals surface area contributed by atoms with Gasteiger partial charge in [0.25, 0.3) is 11.8 Å². The Morgan fingerprint density at radius 3 is 2.58 bits per heavy atom. The van der Waals surface area contributed by atoms with E-state index in [1.807, 2.05) is 24.3 Å². The topological polar surface area (TPSA) is 106 Å². The number of hydrogen-bond donors (Lipinski definition) is 2. The summed E-state index contributed by atoms with van der Waals surface area (Å²) in [6.45, 7) is 2.26. The molecule has 9 nitrogen and oxygen atoms in total. The molecule has 0 saturated carbocycles. The monoisotopic (exact) mass is 493 g/mol. The summed E-state index contributed by atoms with van der Waals surface area (Å²) >= 11 is 0. The molecule has 0 aliphatic carbocycles. The smallest absolute Gasteiger partial charge is 0.272 e. The zero-order chi connectivity index (χ0) is 25.9. The summed E-state index contributed by atoms with van der Waals surface area (Å²) in [6, 6.07) is 14.8. The number of para-hydroxylation sites is 1. The van der Waals surface area contributed by atoms with E-state index >= 15 is 0 Å². The van der Waals surface area contributed by atoms with Gasteiger partial charge in [-0.15, -0.1) is 0 Å². The van der Waals surface area contributed by atoms with Crippen molar-refractivity contribution < 1.29 is 23.5 Å². The van der Waals surface area contributed by atoms with E-state index in [9.17, 15) is 18.8 Å². The first kappa shape index (κ1) is 24.9. The molecule has 1 aliphatic heterocycles. The highest BCUT2D eigenvalue weighted by atomic mass is 19.1. The molecule has 0 fully saturated rings. The summed E-state index contributed by atoms with van der Waals surface area (Å²) < 4.78 is 19.9. The van der Waals surface area contributed by atoms with Gasteiger partial charge in [-0.25, -0.2) is 4.39 Å². The Kier molecular flexibility index (Phi) is 7.05. The van der Waals surface area contributed by atoms with Crippen LogP contribution in [0.25, 0.3) is 0 Å². The van der Waals surface area contributed by atoms with Gasteiger partial charge < -0.3 is 20.3 Å². The largest absolute Gasteiger partial charge is 0.496 e. The number of likely N-dealkylation sites (N-methyl/N-ethyl adjacent to an activating group) is 1. The molecule has 3 amide bonds. The van der Waals surface area contributed by atoms with Crippen molar-refractivity contribution in [1.29, 1.82) is 0 Å². The summed E-state index contributed by atoms with van der Waals surface area (Å²) in [6.07, 6.45) is 0.567. The van der Waals surface area contributed by atoms with Gasteiger partial charge in [-0.3, -0.25) is 19.1 Å². The molecule has 2 heterocycles. The number of hydrogen-bond acceptors (Lipinski definition) is 5. The normalized spacial score (nSPS) is 16.9. The first-order chi connectivity index (χ1) is 17.2. The number of carbonyl (C=O) groups excluding carboxylic acids is 3. The molecule has 4 rings (SSSR count). The molecule has 1 aliphatic rings. The maximum Gasteiger partial charge on any atom is 0.272 e. The Labute approximate surface area is 208 Å². The molecule has 0 unspecified atom stereocenters. The van der Waals surface area contributed by atoms with Gasteiger partial charge in [-0.2, -0.15) is 5.10 Å². The Morgan fingerprint density at radius 2 is 1.86 bits per heavy atom. The average molecular weight is 494 g/mol. The molecule has 1 aromatic heterocycles. The van der Waals surface area contributed by atoms with E-state index in [1.54, 1.807) is 33.2 Å². The Balaban J connectivity index is 1.42. The van der Waals surface area contributed by atoms with Crippen LogP contribution in [0.5, 0.6) is 5.75 Å². The molecule has 2 N–H and O–H groups in total. The highest BCUT2D eigenvalue weighted by Crippen LogP contribution is 2.26. The van der Waals surface area contributed by atoms with Gasteiger partial charge in [0.05, 0.1) is 13.7 Å². The fraction of sp³-hybridized carbons (Fsp3) is 0.308. The number of methoxy groups -OCH3 is 1. The van der Waals surface area contributed by atoms with Crippen LogP contribution in [0.4, 0.5) is 4.39 Å². The van der Waals surface area contributed by atoms with Crippen molar-refractivity contribution in [3.8, 4) is 5.75 Å². The van der Waals surface area contributed by atoms with Crippen molar-refractivity contribution in [3.63, 3.8) is 0 Å². The summed E-state index contributed by atoms with van der Waals surface area (Å²) in [5.41, 5.74) is 0.792. The second-order valence-corrected chi connectivity index (χ2v) is 8.84. The SMILES string of the molecule is COc1ccccc1CCNC(=O)c1cc2n(n1)C[C@](C)(C(=O)NCc1ccc(F)cc1)N(C)C2=O. The number of nitrogens with zero attached hydrogens (tertiary/aromatic N) is 3. The van der Waals surface area contributed by atoms with Crippen molar-refractivity contribution in [1.82, 2.24) is 25.3 Å². The minimum atomic E-state index is -1.23. The van der Waals surface area contributed by atoms with Gasteiger partial charge in [0, 0.05) is 26.2 Å². The standard InChI is InChI=1S/C26H28FN5O4/c1-26(25(35)29-15-17-8-10-19(27)11-9-17)16-32-21(24(34)31(26)2)14-20(30-32)23(33)28-13-12-18-6-4-5-7-22(18)36-3/h4-11,14H,12-13,15-16H2,1-3H3,(H,28,33)(H,29,35)/t26-/m1/s1. The third-order valence-electron chi connectivity index (χ3n) is 6.46. The number of ether oxygens (including phenoxy) is 1. The molecule has 1 atom stereocenters. The van der Waals surface area contributed by atoms with Crippen LogP contribution < -0.4 is 15.4 Å². The van der Waals surface area contributed by atoms with Crippen LogP contribution in [0.1, 0.15) is 39.0 Å². The van der Waals surface area contributed by atoms with Crippen LogP contribution in [-0.4, -0.2) is 58.6 Å². The number of fused-ring (bicyclic) bond motifs is 1. The molecule has 36 heavy (non-hydrogen) atoms. The van der Waals surface area contributed by atoms with E-state index in [0.29, 0.717) is 13.0 Å². The molecular formula is C26H28FN5O4. The van der Waals surface area contributed by atoms with Gasteiger partial charge in [-0.05, 0) is 42.7 Å². The molecule has 10 heteroatoms. The van der Waals surface area contributed by atoms with Gasteiger partial charge in [0.1, 0.15) is 22.8 Å². The van der Waals surface area contributed by atoms with Gasteiger partial charge in [0.2, 0.25) is 5.91 Å². The van der Waals surface area contributed by atoms with Crippen LogP contribution in [0.15, 0.2) is 54.6 Å². The Hall–Kier alpha value is -4.21. The van der Waals surface area contributed by atoms with E-state index < -0.39 is 17.4 Å². The first-order valence-corrected chi connectivity index (χ1v) is 11.5. The quantitative estimate of drug-likeness (QED) is 0.500. The van der Waals surface area contributed by atoms with Crippen molar-refractivity contribution in [3.05, 3.63) is 82.9 Å². The number of rotatable bonds is 8. The van der Waals surface area contributed by atoms with E-state index in [2.05, 4.69) is 15.7 Å². The van der Waals surface area contributed by atoms with Gasteiger partial charge >= 0.3 is 0 Å². The van der Waals surface area contributed by atoms with E-state index in [-0.39, 0.29) is 36.2 Å². The summed E-state index contributed by atoms with van der Waals surface area (Å²) in [5, 5.41) is 9.94. The van der Waals surface area contributed by atoms with Crippen LogP contribution in [0, 0.1) is 5.82 Å². The predicted molar refractivity (Wildman–Crippen MR) is 130 cm³/mol. The Bertz CT molecular complexity index is 1290. The molecular weight excluding hydrogens is 465 g/mol. The third kappa shape index (κ3) is 4.93. The molecule has 3 aromatic rings. The van der Waals surface area contributed by atoms with Crippen molar-refractivity contribution >= 4 is 17.7 Å². The average Bonchev–Trinajstić information content (AvgIpc) is 3.31. The van der Waals surface area contributed by atoms with Gasteiger partial charge in [0.15, 0.2) is 5.69 Å². The lowest BCUT2D eigenvalue weighted by Gasteiger charge is -2.40. The Morgan fingerprint density at radius 1 is 1.14 bits per heavy atom. The van der Waals surface area contributed by atoms with Crippen LogP contribution in [0.2, 0.25) is 0 Å². The fourth-order valence-electron chi connectivity index (χ4n) is 4.12. The van der Waals surface area contributed by atoms with Gasteiger partial charge in [-0.1, -0.05) is 30.3 Å². The highest BCUT2D eigenvalue weighted by molar-refractivity contribution is 6.01. The predicted octanol–water partition coefficient (Wildman–Crippen LogP) is 2.16. The summed E-state index contributed by atoms with van der Waals surface area (Å²) in [7, 11) is 3.14. The number of amides is 3. The van der Waals surface area contributed by atoms with Crippen LogP contribution in [0.3, 0.4) is 0 Å². The minimum absolute atomic E-state index is 0.0777. The molecule has 188 valence electrons. The lowest BCUT2D eigenvalue weighted by atomic mass is 9.96. The van der Waals surface area contributed by atoms with E-state index in [4.69, 9.17) is 4.74 Å². The number of halogens is 1. The summed E-state index contributed by atoms with van der Waals surface area (Å²) in [5.74, 6) is -0.826. The number of aromatic nitrogens is 2. The molecule has 2 aromatic carbocycles. The second kappa shape index (κ2) is 10.2. The van der Waals surface area contributed by atoms with Crippen LogP contribution in [-0.2, 0) is 24.3 Å². The fourth-order valence-corrected chi connectivity index (χ4v) is 4.12. The molecule has 0 saturated heterocycles. The number of carbonyl (C=O) groups is 3. The van der Waals surface area contributed by atoms with Crippen molar-refractivity contribution in [2.45, 2.75) is 32.0 Å². The lowest BCUT2D eigenvalue weighted by Crippen LogP contribution is -2.62. The summed E-state index contributed by atoms with van der Waals surface area (Å²) in [4.78, 5) is 40.2. The van der Waals surface area contributed by atoms with Crippen LogP contribution >= 0.6 is 0 Å². The zero-order valence-electron chi connectivity index (χ0n) is 20.4. The van der Waals surface area contributed by atoms with Crippen molar-refractivity contribution in [2.75, 3.05) is 20.7 Å². The minimum Gasteiger partial charge on any atom is -0.496 e. The lowest BCUT2D eigenvalue weighted by molar-refractivity contribution is -0.132. The number of nitrogens with one attached hydrogen (secondary N) is 2. The third-order valence-corrected chi connectivity index (χ3v) is 6.46. The van der Waals surface area contributed by atoms with E-state index in [0.717, 1.165) is 16.9 Å². The molecule has 0 spiro atoms. The highest BCUT2D eigenvalue weighted by Gasteiger charge is 2.46. The second-order valence-electron chi connectivity index (χ2n) is 8.84. The maximum absolute atomic E-state index is 13.1. The zero-order valence-corrected chi connectivity index (χ0v) is 20.4. The molecule has 0 radical (unpaired) electrons. The maximum atomic E-state index is 13.1.